The lowest BCUT2D eigenvalue weighted by Gasteiger charge is -2.32. The van der Waals surface area contributed by atoms with Gasteiger partial charge in [0.2, 0.25) is 0 Å². The van der Waals surface area contributed by atoms with Crippen LogP contribution in [0.5, 0.6) is 0 Å². The molecule has 2 atom stereocenters. The van der Waals surface area contributed by atoms with Crippen molar-refractivity contribution in [3.8, 4) is 0 Å². The first-order valence-corrected chi connectivity index (χ1v) is 5.50. The minimum atomic E-state index is -0.0739. The molecule has 1 heterocycles. The zero-order chi connectivity index (χ0) is 10.9. The maximum absolute atomic E-state index is 6.04. The van der Waals surface area contributed by atoms with E-state index in [0.717, 1.165) is 6.54 Å². The molecule has 14 heavy (non-hydrogen) atoms. The molecule has 0 aromatic carbocycles. The molecule has 84 valence electrons. The van der Waals surface area contributed by atoms with E-state index in [9.17, 15) is 0 Å². The maximum atomic E-state index is 6.04. The van der Waals surface area contributed by atoms with Crippen molar-refractivity contribution in [2.24, 2.45) is 5.73 Å². The summed E-state index contributed by atoms with van der Waals surface area (Å²) in [5.74, 6) is 0. The highest BCUT2D eigenvalue weighted by molar-refractivity contribution is 4.92. The third-order valence-electron chi connectivity index (χ3n) is 3.12. The molecule has 1 rings (SSSR count). The Hall–Kier alpha value is -0.120. The van der Waals surface area contributed by atoms with Gasteiger partial charge in [0, 0.05) is 30.7 Å². The SMILES string of the molecule is CC1C(N(C)C)CCN1CC(C)(C)N. The molecule has 0 saturated carbocycles. The molecule has 0 aliphatic carbocycles. The van der Waals surface area contributed by atoms with Gasteiger partial charge in [-0.2, -0.15) is 0 Å². The Morgan fingerprint density at radius 3 is 2.36 bits per heavy atom. The molecule has 3 nitrogen and oxygen atoms in total. The summed E-state index contributed by atoms with van der Waals surface area (Å²) in [6.45, 7) is 8.69. The van der Waals surface area contributed by atoms with Gasteiger partial charge in [0.1, 0.15) is 0 Å². The number of rotatable bonds is 3. The zero-order valence-corrected chi connectivity index (χ0v) is 10.2. The van der Waals surface area contributed by atoms with Crippen molar-refractivity contribution in [1.29, 1.82) is 0 Å². The van der Waals surface area contributed by atoms with Crippen LogP contribution >= 0.6 is 0 Å². The van der Waals surface area contributed by atoms with Crippen molar-refractivity contribution >= 4 is 0 Å². The van der Waals surface area contributed by atoms with Crippen LogP contribution in [-0.2, 0) is 0 Å². The topological polar surface area (TPSA) is 32.5 Å². The van der Waals surface area contributed by atoms with E-state index in [0.29, 0.717) is 12.1 Å². The third-order valence-corrected chi connectivity index (χ3v) is 3.12. The van der Waals surface area contributed by atoms with Gasteiger partial charge in [-0.1, -0.05) is 0 Å². The molecular formula is C11H25N3. The highest BCUT2D eigenvalue weighted by Crippen LogP contribution is 2.22. The number of likely N-dealkylation sites (N-methyl/N-ethyl adjacent to an activating group) is 1. The number of hydrogen-bond donors (Lipinski definition) is 1. The zero-order valence-electron chi connectivity index (χ0n) is 10.2. The number of likely N-dealkylation sites (tertiary alicyclic amines) is 1. The van der Waals surface area contributed by atoms with Gasteiger partial charge in [-0.15, -0.1) is 0 Å². The molecule has 2 N–H and O–H groups in total. The highest BCUT2D eigenvalue weighted by atomic mass is 15.3. The Bertz CT molecular complexity index is 183. The lowest BCUT2D eigenvalue weighted by atomic mass is 10.1. The van der Waals surface area contributed by atoms with Crippen LogP contribution in [0.1, 0.15) is 27.2 Å². The average molecular weight is 199 g/mol. The van der Waals surface area contributed by atoms with Crippen LogP contribution in [-0.4, -0.2) is 54.6 Å². The molecule has 0 aromatic rings. The van der Waals surface area contributed by atoms with Crippen molar-refractivity contribution in [3.63, 3.8) is 0 Å². The van der Waals surface area contributed by atoms with Crippen molar-refractivity contribution in [1.82, 2.24) is 9.80 Å². The van der Waals surface area contributed by atoms with Gasteiger partial charge in [0.15, 0.2) is 0 Å². The maximum Gasteiger partial charge on any atom is 0.0254 e. The summed E-state index contributed by atoms with van der Waals surface area (Å²) in [7, 11) is 4.33. The normalized spacial score (nSPS) is 30.2. The van der Waals surface area contributed by atoms with Gasteiger partial charge < -0.3 is 10.6 Å². The first-order chi connectivity index (χ1) is 6.31. The molecule has 3 heteroatoms. The van der Waals surface area contributed by atoms with Crippen LogP contribution in [0.3, 0.4) is 0 Å². The fourth-order valence-corrected chi connectivity index (χ4v) is 2.42. The molecule has 1 aliphatic heterocycles. The van der Waals surface area contributed by atoms with E-state index in [1.807, 2.05) is 0 Å². The van der Waals surface area contributed by atoms with E-state index in [2.05, 4.69) is 44.7 Å². The second-order valence-electron chi connectivity index (χ2n) is 5.52. The van der Waals surface area contributed by atoms with Gasteiger partial charge >= 0.3 is 0 Å². The molecule has 0 radical (unpaired) electrons. The van der Waals surface area contributed by atoms with Crippen molar-refractivity contribution in [3.05, 3.63) is 0 Å². The minimum Gasteiger partial charge on any atom is -0.324 e. The van der Waals surface area contributed by atoms with E-state index < -0.39 is 0 Å². The molecule has 1 aliphatic rings. The average Bonchev–Trinajstić information content (AvgIpc) is 2.29. The van der Waals surface area contributed by atoms with Crippen LogP contribution in [0.15, 0.2) is 0 Å². The van der Waals surface area contributed by atoms with E-state index in [1.54, 1.807) is 0 Å². The Labute approximate surface area is 88.2 Å². The Kier molecular flexibility index (Phi) is 3.56. The molecule has 1 saturated heterocycles. The summed E-state index contributed by atoms with van der Waals surface area (Å²) in [6.07, 6.45) is 1.27. The van der Waals surface area contributed by atoms with Crippen molar-refractivity contribution < 1.29 is 0 Å². The monoisotopic (exact) mass is 199 g/mol. The third kappa shape index (κ3) is 2.94. The molecule has 0 amide bonds. The van der Waals surface area contributed by atoms with Crippen molar-refractivity contribution in [2.45, 2.75) is 44.8 Å². The number of nitrogens with two attached hydrogens (primary N) is 1. The second kappa shape index (κ2) is 4.17. The Morgan fingerprint density at radius 1 is 1.43 bits per heavy atom. The summed E-state index contributed by atoms with van der Waals surface area (Å²) in [6, 6.07) is 1.32. The Balaban J connectivity index is 2.51. The van der Waals surface area contributed by atoms with Gasteiger partial charge in [0.05, 0.1) is 0 Å². The minimum absolute atomic E-state index is 0.0739. The first-order valence-electron chi connectivity index (χ1n) is 5.50. The first kappa shape index (κ1) is 12.0. The molecule has 2 unspecified atom stereocenters. The fourth-order valence-electron chi connectivity index (χ4n) is 2.42. The van der Waals surface area contributed by atoms with Gasteiger partial charge in [0.25, 0.3) is 0 Å². The quantitative estimate of drug-likeness (QED) is 0.728. The summed E-state index contributed by atoms with van der Waals surface area (Å²) in [5, 5.41) is 0. The number of hydrogen-bond acceptors (Lipinski definition) is 3. The van der Waals surface area contributed by atoms with Crippen LogP contribution in [0, 0.1) is 0 Å². The van der Waals surface area contributed by atoms with Gasteiger partial charge in [-0.3, -0.25) is 4.90 Å². The van der Waals surface area contributed by atoms with Crippen LogP contribution in [0.25, 0.3) is 0 Å². The highest BCUT2D eigenvalue weighted by Gasteiger charge is 2.33. The summed E-state index contributed by atoms with van der Waals surface area (Å²) in [4.78, 5) is 4.83. The smallest absolute Gasteiger partial charge is 0.0254 e. The molecule has 0 bridgehead atoms. The lowest BCUT2D eigenvalue weighted by molar-refractivity contribution is 0.175. The van der Waals surface area contributed by atoms with Gasteiger partial charge in [-0.05, 0) is 41.3 Å². The summed E-state index contributed by atoms with van der Waals surface area (Å²) >= 11 is 0. The Morgan fingerprint density at radius 2 is 2.00 bits per heavy atom. The second-order valence-corrected chi connectivity index (χ2v) is 5.52. The van der Waals surface area contributed by atoms with Crippen LogP contribution in [0.2, 0.25) is 0 Å². The van der Waals surface area contributed by atoms with E-state index in [1.165, 1.54) is 13.0 Å². The van der Waals surface area contributed by atoms with Crippen LogP contribution in [0.4, 0.5) is 0 Å². The molecule has 0 aromatic heterocycles. The predicted octanol–water partition coefficient (Wildman–Crippen LogP) is 0.748. The molecule has 1 fully saturated rings. The largest absolute Gasteiger partial charge is 0.324 e. The van der Waals surface area contributed by atoms with E-state index >= 15 is 0 Å². The summed E-state index contributed by atoms with van der Waals surface area (Å²) < 4.78 is 0. The van der Waals surface area contributed by atoms with Crippen LogP contribution < -0.4 is 5.73 Å². The predicted molar refractivity (Wildman–Crippen MR) is 61.4 cm³/mol. The fraction of sp³-hybridized carbons (Fsp3) is 1.00. The van der Waals surface area contributed by atoms with Crippen molar-refractivity contribution in [2.75, 3.05) is 27.2 Å². The van der Waals surface area contributed by atoms with Gasteiger partial charge in [-0.25, -0.2) is 0 Å². The van der Waals surface area contributed by atoms with E-state index in [-0.39, 0.29) is 5.54 Å². The summed E-state index contributed by atoms with van der Waals surface area (Å²) in [5.41, 5.74) is 5.97. The molecular weight excluding hydrogens is 174 g/mol. The lowest BCUT2D eigenvalue weighted by Crippen LogP contribution is -2.49. The molecule has 0 spiro atoms. The standard InChI is InChI=1S/C11H25N3/c1-9-10(13(4)5)6-7-14(9)8-11(2,3)12/h9-10H,6-8,12H2,1-5H3. The van der Waals surface area contributed by atoms with E-state index in [4.69, 9.17) is 5.73 Å². The number of nitrogens with zero attached hydrogens (tertiary/aromatic N) is 2.